The van der Waals surface area contributed by atoms with Gasteiger partial charge >= 0.3 is 5.97 Å². The average molecular weight is 347 g/mol. The summed E-state index contributed by atoms with van der Waals surface area (Å²) in [5.74, 6) is -0.346. The lowest BCUT2D eigenvalue weighted by molar-refractivity contribution is -0.138. The van der Waals surface area contributed by atoms with Crippen molar-refractivity contribution in [2.24, 2.45) is 5.92 Å². The predicted octanol–water partition coefficient (Wildman–Crippen LogP) is 3.79. The summed E-state index contributed by atoms with van der Waals surface area (Å²) >= 11 is 9.46. The zero-order valence-electron chi connectivity index (χ0n) is 10.6. The van der Waals surface area contributed by atoms with Gasteiger partial charge in [-0.3, -0.25) is 9.69 Å². The van der Waals surface area contributed by atoms with Crippen LogP contribution in [-0.4, -0.2) is 29.1 Å². The zero-order chi connectivity index (χ0) is 13.8. The number of hydrogen-bond donors (Lipinski definition) is 1. The molecule has 1 aromatic carbocycles. The first-order chi connectivity index (χ1) is 9.04. The monoisotopic (exact) mass is 345 g/mol. The second-order valence-corrected chi connectivity index (χ2v) is 6.34. The molecule has 0 unspecified atom stereocenters. The summed E-state index contributed by atoms with van der Waals surface area (Å²) in [7, 11) is 0. The van der Waals surface area contributed by atoms with Gasteiger partial charge in [-0.15, -0.1) is 0 Å². The molecule has 2 rings (SSSR count). The molecule has 3 nitrogen and oxygen atoms in total. The molecule has 1 fully saturated rings. The molecule has 1 aliphatic heterocycles. The van der Waals surface area contributed by atoms with Gasteiger partial charge in [0.15, 0.2) is 0 Å². The third-order valence-corrected chi connectivity index (χ3v) is 4.55. The number of rotatable bonds is 4. The van der Waals surface area contributed by atoms with E-state index in [-0.39, 0.29) is 0 Å². The number of nitrogens with zero attached hydrogens (tertiary/aromatic N) is 1. The maximum atomic E-state index is 10.7. The van der Waals surface area contributed by atoms with E-state index in [0.717, 1.165) is 42.0 Å². The smallest absolute Gasteiger partial charge is 0.303 e. The zero-order valence-corrected chi connectivity index (χ0v) is 13.0. The lowest BCUT2D eigenvalue weighted by Crippen LogP contribution is -2.34. The largest absolute Gasteiger partial charge is 0.481 e. The molecule has 104 valence electrons. The van der Waals surface area contributed by atoms with Crippen LogP contribution in [0.25, 0.3) is 0 Å². The molecule has 0 amide bonds. The molecular formula is C14H17BrClNO2. The number of carbonyl (C=O) groups is 1. The third kappa shape index (κ3) is 4.48. The first-order valence-corrected chi connectivity index (χ1v) is 7.60. The van der Waals surface area contributed by atoms with Crippen molar-refractivity contribution >= 4 is 33.5 Å². The summed E-state index contributed by atoms with van der Waals surface area (Å²) in [4.78, 5) is 13.1. The SMILES string of the molecule is O=C(O)CC1CCN(Cc2ccc(Cl)cc2Br)CC1. The molecule has 0 saturated carbocycles. The van der Waals surface area contributed by atoms with Crippen LogP contribution in [0.3, 0.4) is 0 Å². The fourth-order valence-electron chi connectivity index (χ4n) is 2.49. The van der Waals surface area contributed by atoms with Crippen LogP contribution < -0.4 is 0 Å². The van der Waals surface area contributed by atoms with E-state index in [4.69, 9.17) is 16.7 Å². The minimum absolute atomic E-state index is 0.304. The van der Waals surface area contributed by atoms with Crippen molar-refractivity contribution < 1.29 is 9.90 Å². The van der Waals surface area contributed by atoms with E-state index < -0.39 is 5.97 Å². The van der Waals surface area contributed by atoms with Gasteiger partial charge in [-0.05, 0) is 49.5 Å². The minimum atomic E-state index is -0.682. The maximum Gasteiger partial charge on any atom is 0.303 e. The van der Waals surface area contributed by atoms with Crippen LogP contribution in [0.15, 0.2) is 22.7 Å². The molecule has 0 spiro atoms. The van der Waals surface area contributed by atoms with Crippen molar-refractivity contribution in [1.82, 2.24) is 4.90 Å². The highest BCUT2D eigenvalue weighted by Gasteiger charge is 2.21. The molecule has 1 N–H and O–H groups in total. The van der Waals surface area contributed by atoms with Crippen LogP contribution in [0.2, 0.25) is 5.02 Å². The van der Waals surface area contributed by atoms with Crippen molar-refractivity contribution in [2.75, 3.05) is 13.1 Å². The molecule has 5 heteroatoms. The summed E-state index contributed by atoms with van der Waals surface area (Å²) in [6.45, 7) is 2.82. The fourth-order valence-corrected chi connectivity index (χ4v) is 3.29. The van der Waals surface area contributed by atoms with Gasteiger partial charge < -0.3 is 5.11 Å². The second kappa shape index (κ2) is 6.73. The van der Waals surface area contributed by atoms with Gasteiger partial charge in [0.25, 0.3) is 0 Å². The highest BCUT2D eigenvalue weighted by molar-refractivity contribution is 9.10. The lowest BCUT2D eigenvalue weighted by atomic mass is 9.93. The number of halogens is 2. The van der Waals surface area contributed by atoms with Crippen molar-refractivity contribution in [2.45, 2.75) is 25.8 Å². The summed E-state index contributed by atoms with van der Waals surface area (Å²) < 4.78 is 1.03. The lowest BCUT2D eigenvalue weighted by Gasteiger charge is -2.31. The van der Waals surface area contributed by atoms with E-state index in [9.17, 15) is 4.79 Å². The summed E-state index contributed by atoms with van der Waals surface area (Å²) in [5, 5.41) is 9.53. The van der Waals surface area contributed by atoms with Crippen LogP contribution in [0.1, 0.15) is 24.8 Å². The fraction of sp³-hybridized carbons (Fsp3) is 0.500. The van der Waals surface area contributed by atoms with Crippen LogP contribution >= 0.6 is 27.5 Å². The highest BCUT2D eigenvalue weighted by atomic mass is 79.9. The van der Waals surface area contributed by atoms with Crippen molar-refractivity contribution in [3.05, 3.63) is 33.3 Å². The molecule has 0 bridgehead atoms. The molecule has 0 aromatic heterocycles. The van der Waals surface area contributed by atoms with Gasteiger partial charge in [0.2, 0.25) is 0 Å². The predicted molar refractivity (Wildman–Crippen MR) is 79.4 cm³/mol. The Morgan fingerprint density at radius 2 is 2.11 bits per heavy atom. The Labute approximate surface area is 126 Å². The third-order valence-electron chi connectivity index (χ3n) is 3.58. The maximum absolute atomic E-state index is 10.7. The number of carboxylic acid groups (broad SMARTS) is 1. The first-order valence-electron chi connectivity index (χ1n) is 6.42. The molecule has 1 aliphatic rings. The summed E-state index contributed by atoms with van der Waals surface area (Å²) in [6.07, 6.45) is 2.24. The molecule has 1 heterocycles. The van der Waals surface area contributed by atoms with Crippen molar-refractivity contribution in [3.63, 3.8) is 0 Å². The van der Waals surface area contributed by atoms with Crippen molar-refractivity contribution in [3.8, 4) is 0 Å². The van der Waals surface area contributed by atoms with Crippen LogP contribution in [0.5, 0.6) is 0 Å². The summed E-state index contributed by atoms with van der Waals surface area (Å²) in [5.41, 5.74) is 1.22. The Morgan fingerprint density at radius 1 is 1.42 bits per heavy atom. The quantitative estimate of drug-likeness (QED) is 0.902. The van der Waals surface area contributed by atoms with Gasteiger partial charge in [0.05, 0.1) is 0 Å². The van der Waals surface area contributed by atoms with Gasteiger partial charge in [0, 0.05) is 22.5 Å². The molecule has 1 aromatic rings. The second-order valence-electron chi connectivity index (χ2n) is 5.05. The molecule has 0 atom stereocenters. The minimum Gasteiger partial charge on any atom is -0.481 e. The Hall–Kier alpha value is -0.580. The number of aliphatic carboxylic acids is 1. The molecular weight excluding hydrogens is 330 g/mol. The molecule has 19 heavy (non-hydrogen) atoms. The first kappa shape index (κ1) is 14.8. The molecule has 0 aliphatic carbocycles. The van der Waals surface area contributed by atoms with Gasteiger partial charge in [-0.1, -0.05) is 33.6 Å². The van der Waals surface area contributed by atoms with Crippen molar-refractivity contribution in [1.29, 1.82) is 0 Å². The topological polar surface area (TPSA) is 40.5 Å². The van der Waals surface area contributed by atoms with E-state index in [0.29, 0.717) is 12.3 Å². The van der Waals surface area contributed by atoms with Crippen LogP contribution in [-0.2, 0) is 11.3 Å². The standard InChI is InChI=1S/C14H17BrClNO2/c15-13-8-12(16)2-1-11(13)9-17-5-3-10(4-6-17)7-14(18)19/h1-2,8,10H,3-7,9H2,(H,18,19). The van der Waals surface area contributed by atoms with E-state index in [1.807, 2.05) is 18.2 Å². The number of benzene rings is 1. The highest BCUT2D eigenvalue weighted by Crippen LogP contribution is 2.26. The number of hydrogen-bond acceptors (Lipinski definition) is 2. The number of likely N-dealkylation sites (tertiary alicyclic amines) is 1. The van der Waals surface area contributed by atoms with E-state index in [2.05, 4.69) is 20.8 Å². The normalized spacial score (nSPS) is 17.6. The van der Waals surface area contributed by atoms with Crippen LogP contribution in [0, 0.1) is 5.92 Å². The Balaban J connectivity index is 1.87. The molecule has 1 saturated heterocycles. The van der Waals surface area contributed by atoms with Gasteiger partial charge in [-0.25, -0.2) is 0 Å². The molecule has 0 radical (unpaired) electrons. The Morgan fingerprint density at radius 3 is 2.68 bits per heavy atom. The van der Waals surface area contributed by atoms with Gasteiger partial charge in [-0.2, -0.15) is 0 Å². The Kier molecular flexibility index (Phi) is 5.25. The Bertz CT molecular complexity index is 459. The van der Waals surface area contributed by atoms with E-state index >= 15 is 0 Å². The van der Waals surface area contributed by atoms with Crippen LogP contribution in [0.4, 0.5) is 0 Å². The number of carboxylic acids is 1. The number of piperidine rings is 1. The van der Waals surface area contributed by atoms with Gasteiger partial charge in [0.1, 0.15) is 0 Å². The van der Waals surface area contributed by atoms with E-state index in [1.165, 1.54) is 5.56 Å². The summed E-state index contributed by atoms with van der Waals surface area (Å²) in [6, 6.07) is 5.85. The van der Waals surface area contributed by atoms with E-state index in [1.54, 1.807) is 0 Å². The average Bonchev–Trinajstić information content (AvgIpc) is 2.34.